The van der Waals surface area contributed by atoms with Gasteiger partial charge in [-0.2, -0.15) is 13.2 Å². The van der Waals surface area contributed by atoms with E-state index in [1.54, 1.807) is 0 Å². The van der Waals surface area contributed by atoms with E-state index in [1.165, 1.54) is 24.0 Å². The van der Waals surface area contributed by atoms with Crippen LogP contribution in [0.5, 0.6) is 0 Å². The number of carbonyl (C=O) groups is 2. The van der Waals surface area contributed by atoms with E-state index in [4.69, 9.17) is 0 Å². The summed E-state index contributed by atoms with van der Waals surface area (Å²) < 4.78 is 37.9. The van der Waals surface area contributed by atoms with E-state index in [1.807, 2.05) is 0 Å². The number of amides is 1. The lowest BCUT2D eigenvalue weighted by Crippen LogP contribution is -2.25. The van der Waals surface area contributed by atoms with Gasteiger partial charge in [0.1, 0.15) is 0 Å². The molecule has 0 saturated carbocycles. The molecule has 2 rings (SSSR count). The minimum Gasteiger partial charge on any atom is -0.311 e. The molecule has 3 nitrogen and oxygen atoms in total. The van der Waals surface area contributed by atoms with Crippen molar-refractivity contribution in [1.82, 2.24) is 0 Å². The van der Waals surface area contributed by atoms with Crippen LogP contribution in [-0.4, -0.2) is 22.8 Å². The molecule has 0 bridgehead atoms. The molecule has 0 radical (unpaired) electrons. The average molecular weight is 303 g/mol. The number of anilines is 1. The Hall–Kier alpha value is -1.50. The minimum absolute atomic E-state index is 0.103. The summed E-state index contributed by atoms with van der Waals surface area (Å²) in [6.07, 6.45) is -4.27. The second-order valence-electron chi connectivity index (χ2n) is 4.49. The molecule has 0 N–H and O–H groups in total. The lowest BCUT2D eigenvalue weighted by atomic mass is 10.2. The summed E-state index contributed by atoms with van der Waals surface area (Å²) in [7, 11) is 0. The van der Waals surface area contributed by atoms with Crippen molar-refractivity contribution in [2.75, 3.05) is 11.4 Å². The van der Waals surface area contributed by atoms with Gasteiger partial charge in [-0.1, -0.05) is 17.8 Å². The van der Waals surface area contributed by atoms with E-state index in [9.17, 15) is 22.8 Å². The molecule has 1 saturated heterocycles. The fourth-order valence-electron chi connectivity index (χ4n) is 2.09. The summed E-state index contributed by atoms with van der Waals surface area (Å²) in [4.78, 5) is 24.2. The van der Waals surface area contributed by atoms with Crippen molar-refractivity contribution in [2.24, 2.45) is 0 Å². The molecule has 1 aromatic carbocycles. The predicted octanol–water partition coefficient (Wildman–Crippen LogP) is 3.09. The quantitative estimate of drug-likeness (QED) is 0.842. The van der Waals surface area contributed by atoms with E-state index in [-0.39, 0.29) is 34.9 Å². The molecule has 108 valence electrons. The van der Waals surface area contributed by atoms with E-state index >= 15 is 0 Å². The van der Waals surface area contributed by atoms with Crippen molar-refractivity contribution in [3.05, 3.63) is 29.8 Å². The largest absolute Gasteiger partial charge is 0.416 e. The number of rotatable bonds is 2. The van der Waals surface area contributed by atoms with Gasteiger partial charge in [0.05, 0.1) is 5.56 Å². The van der Waals surface area contributed by atoms with Crippen LogP contribution in [0.15, 0.2) is 24.3 Å². The Kier molecular flexibility index (Phi) is 4.08. The van der Waals surface area contributed by atoms with Crippen molar-refractivity contribution >= 4 is 28.5 Å². The van der Waals surface area contributed by atoms with Crippen LogP contribution < -0.4 is 4.90 Å². The van der Waals surface area contributed by atoms with Crippen molar-refractivity contribution in [1.29, 1.82) is 0 Å². The average Bonchev–Trinajstić information content (AvgIpc) is 2.68. The van der Waals surface area contributed by atoms with E-state index in [0.717, 1.165) is 23.9 Å². The third-order valence-corrected chi connectivity index (χ3v) is 3.89. The second kappa shape index (κ2) is 5.47. The maximum atomic E-state index is 12.6. The molecule has 1 atom stereocenters. The van der Waals surface area contributed by atoms with Gasteiger partial charge >= 0.3 is 6.18 Å². The highest BCUT2D eigenvalue weighted by Crippen LogP contribution is 2.34. The number of carbonyl (C=O) groups excluding carboxylic acids is 2. The van der Waals surface area contributed by atoms with Gasteiger partial charge in [-0.3, -0.25) is 9.59 Å². The van der Waals surface area contributed by atoms with Gasteiger partial charge in [0.25, 0.3) is 0 Å². The molecule has 0 aromatic heterocycles. The lowest BCUT2D eigenvalue weighted by Gasteiger charge is -2.18. The maximum absolute atomic E-state index is 12.6. The van der Waals surface area contributed by atoms with Crippen LogP contribution in [0.25, 0.3) is 0 Å². The van der Waals surface area contributed by atoms with Crippen molar-refractivity contribution in [2.45, 2.75) is 24.8 Å². The first kappa shape index (κ1) is 14.9. The molecule has 1 heterocycles. The third kappa shape index (κ3) is 3.33. The highest BCUT2D eigenvalue weighted by atomic mass is 32.2. The van der Waals surface area contributed by atoms with Crippen LogP contribution in [-0.2, 0) is 15.8 Å². The second-order valence-corrected chi connectivity index (χ2v) is 5.97. The smallest absolute Gasteiger partial charge is 0.311 e. The van der Waals surface area contributed by atoms with Crippen molar-refractivity contribution in [3.8, 4) is 0 Å². The van der Waals surface area contributed by atoms with Gasteiger partial charge in [-0.25, -0.2) is 0 Å². The molecule has 0 spiro atoms. The summed E-state index contributed by atoms with van der Waals surface area (Å²) in [6, 6.07) is 4.66. The first-order valence-electron chi connectivity index (χ1n) is 5.92. The SMILES string of the molecule is CC(=O)SC1CC(=O)N(c2cccc(C(F)(F)F)c2)C1. The minimum atomic E-state index is -4.44. The Morgan fingerprint density at radius 2 is 2.10 bits per heavy atom. The first-order valence-corrected chi connectivity index (χ1v) is 6.80. The molecule has 1 aliphatic heterocycles. The van der Waals surface area contributed by atoms with Crippen LogP contribution in [0.3, 0.4) is 0 Å². The summed E-state index contributed by atoms with van der Waals surface area (Å²) in [5, 5.41) is -0.303. The number of hydrogen-bond acceptors (Lipinski definition) is 3. The molecule has 1 unspecified atom stereocenters. The van der Waals surface area contributed by atoms with Gasteiger partial charge < -0.3 is 4.90 Å². The van der Waals surface area contributed by atoms with Crippen LogP contribution in [0, 0.1) is 0 Å². The molecular weight excluding hydrogens is 291 g/mol. The lowest BCUT2D eigenvalue weighted by molar-refractivity contribution is -0.137. The molecule has 1 aliphatic rings. The highest BCUT2D eigenvalue weighted by Gasteiger charge is 2.34. The van der Waals surface area contributed by atoms with Gasteiger partial charge in [0.2, 0.25) is 5.91 Å². The third-order valence-electron chi connectivity index (χ3n) is 2.91. The highest BCUT2D eigenvalue weighted by molar-refractivity contribution is 8.14. The number of alkyl halides is 3. The first-order chi connectivity index (χ1) is 9.27. The molecule has 1 amide bonds. The summed E-state index contributed by atoms with van der Waals surface area (Å²) in [6.45, 7) is 1.66. The van der Waals surface area contributed by atoms with Gasteiger partial charge in [-0.15, -0.1) is 0 Å². The number of benzene rings is 1. The summed E-state index contributed by atoms with van der Waals surface area (Å²) >= 11 is 1.05. The fraction of sp³-hybridized carbons (Fsp3) is 0.385. The molecule has 0 aliphatic carbocycles. The predicted molar refractivity (Wildman–Crippen MR) is 70.5 cm³/mol. The van der Waals surface area contributed by atoms with E-state index < -0.39 is 11.7 Å². The fourth-order valence-corrected chi connectivity index (χ4v) is 3.01. The van der Waals surface area contributed by atoms with Gasteiger partial charge in [0.15, 0.2) is 5.12 Å². The Morgan fingerprint density at radius 3 is 2.70 bits per heavy atom. The van der Waals surface area contributed by atoms with Gasteiger partial charge in [-0.05, 0) is 18.2 Å². The number of thioether (sulfide) groups is 1. The molecule has 7 heteroatoms. The molecular formula is C13H12F3NO2S. The van der Waals surface area contributed by atoms with E-state index in [2.05, 4.69) is 0 Å². The monoisotopic (exact) mass is 303 g/mol. The zero-order chi connectivity index (χ0) is 14.9. The van der Waals surface area contributed by atoms with Crippen LogP contribution in [0.1, 0.15) is 18.9 Å². The van der Waals surface area contributed by atoms with E-state index in [0.29, 0.717) is 0 Å². The summed E-state index contributed by atoms with van der Waals surface area (Å²) in [5.74, 6) is -0.261. The molecule has 1 fully saturated rings. The number of halogens is 3. The van der Waals surface area contributed by atoms with Crippen LogP contribution >= 0.6 is 11.8 Å². The topological polar surface area (TPSA) is 37.4 Å². The Morgan fingerprint density at radius 1 is 1.40 bits per heavy atom. The number of hydrogen-bond donors (Lipinski definition) is 0. The Labute approximate surface area is 118 Å². The number of nitrogens with zero attached hydrogens (tertiary/aromatic N) is 1. The van der Waals surface area contributed by atoms with Gasteiger partial charge in [0, 0.05) is 30.8 Å². The van der Waals surface area contributed by atoms with Crippen molar-refractivity contribution < 1.29 is 22.8 Å². The zero-order valence-corrected chi connectivity index (χ0v) is 11.4. The van der Waals surface area contributed by atoms with Crippen LogP contribution in [0.2, 0.25) is 0 Å². The normalized spacial score (nSPS) is 19.5. The zero-order valence-electron chi connectivity index (χ0n) is 10.6. The Bertz CT molecular complexity index is 545. The maximum Gasteiger partial charge on any atom is 0.416 e. The summed E-state index contributed by atoms with van der Waals surface area (Å²) in [5.41, 5.74) is -0.568. The molecule has 20 heavy (non-hydrogen) atoms. The van der Waals surface area contributed by atoms with Crippen LogP contribution in [0.4, 0.5) is 18.9 Å². The standard InChI is InChI=1S/C13H12F3NO2S/c1-8(18)20-11-6-12(19)17(7-11)10-4-2-3-9(5-10)13(14,15)16/h2-5,11H,6-7H2,1H3. The molecule has 1 aromatic rings. The van der Waals surface area contributed by atoms with Crippen molar-refractivity contribution in [3.63, 3.8) is 0 Å². The Balaban J connectivity index is 2.20.